The van der Waals surface area contributed by atoms with Gasteiger partial charge in [0.15, 0.2) is 6.04 Å². The maximum atomic E-state index is 12.6. The van der Waals surface area contributed by atoms with Crippen LogP contribution in [-0.2, 0) is 25.6 Å². The van der Waals surface area contributed by atoms with Crippen LogP contribution in [-0.4, -0.2) is 63.3 Å². The number of nitrogens with two attached hydrogens (primary N) is 1. The van der Waals surface area contributed by atoms with E-state index >= 15 is 0 Å². The summed E-state index contributed by atoms with van der Waals surface area (Å²) in [5.74, 6) is -4.08. The van der Waals surface area contributed by atoms with Crippen LogP contribution >= 0.6 is 0 Å². The lowest BCUT2D eigenvalue weighted by Crippen LogP contribution is -2.57. The highest BCUT2D eigenvalue weighted by atomic mass is 16.4. The van der Waals surface area contributed by atoms with E-state index in [2.05, 4.69) is 10.6 Å². The molecule has 4 atom stereocenters. The summed E-state index contributed by atoms with van der Waals surface area (Å²) in [6.07, 6.45) is -1.73. The van der Waals surface area contributed by atoms with Crippen molar-refractivity contribution in [3.63, 3.8) is 0 Å². The molecule has 28 heavy (non-hydrogen) atoms. The number of carbonyl (C=O) groups excluding carboxylic acids is 2. The molecule has 10 nitrogen and oxygen atoms in total. The van der Waals surface area contributed by atoms with E-state index in [-0.39, 0.29) is 19.3 Å². The summed E-state index contributed by atoms with van der Waals surface area (Å²) < 4.78 is 0. The molecule has 0 radical (unpaired) electrons. The minimum atomic E-state index is -1.55. The van der Waals surface area contributed by atoms with Gasteiger partial charge in [-0.1, -0.05) is 30.3 Å². The molecule has 7 N–H and O–H groups in total. The summed E-state index contributed by atoms with van der Waals surface area (Å²) in [6.45, 7) is 1.21. The Labute approximate surface area is 161 Å². The quantitative estimate of drug-likeness (QED) is 0.272. The molecular formula is C18H25N3O7. The van der Waals surface area contributed by atoms with E-state index in [0.717, 1.165) is 0 Å². The van der Waals surface area contributed by atoms with E-state index in [1.807, 2.05) is 0 Å². The first-order valence-electron chi connectivity index (χ1n) is 8.64. The lowest BCUT2D eigenvalue weighted by Gasteiger charge is -2.24. The SMILES string of the molecule is C[C@@H](O)[C@H](NC(=O)[C@H](Cc1ccccc1)NC(=O)[C@@H](N)CCC(=O)O)C(=O)O. The van der Waals surface area contributed by atoms with Crippen molar-refractivity contribution in [1.29, 1.82) is 0 Å². The fraction of sp³-hybridized carbons (Fsp3) is 0.444. The van der Waals surface area contributed by atoms with Gasteiger partial charge < -0.3 is 31.7 Å². The van der Waals surface area contributed by atoms with Gasteiger partial charge in [-0.25, -0.2) is 4.79 Å². The van der Waals surface area contributed by atoms with Crippen molar-refractivity contribution in [2.45, 2.75) is 50.4 Å². The molecule has 154 valence electrons. The summed E-state index contributed by atoms with van der Waals surface area (Å²) in [5, 5.41) is 32.0. The number of nitrogens with one attached hydrogen (secondary N) is 2. The lowest BCUT2D eigenvalue weighted by molar-refractivity contribution is -0.145. The number of carbonyl (C=O) groups is 4. The zero-order chi connectivity index (χ0) is 21.3. The lowest BCUT2D eigenvalue weighted by atomic mass is 10.0. The highest BCUT2D eigenvalue weighted by Crippen LogP contribution is 2.06. The van der Waals surface area contributed by atoms with Crippen LogP contribution in [0.4, 0.5) is 0 Å². The summed E-state index contributed by atoms with van der Waals surface area (Å²) in [5.41, 5.74) is 6.36. The molecule has 0 saturated heterocycles. The molecule has 0 spiro atoms. The van der Waals surface area contributed by atoms with Crippen molar-refractivity contribution in [2.24, 2.45) is 5.73 Å². The first-order chi connectivity index (χ1) is 13.1. The fourth-order valence-corrected chi connectivity index (χ4v) is 2.39. The van der Waals surface area contributed by atoms with Crippen molar-refractivity contribution < 1.29 is 34.5 Å². The Morgan fingerprint density at radius 3 is 2.14 bits per heavy atom. The summed E-state index contributed by atoms with van der Waals surface area (Å²) in [4.78, 5) is 46.6. The van der Waals surface area contributed by atoms with Crippen LogP contribution in [0.25, 0.3) is 0 Å². The number of aliphatic hydroxyl groups is 1. The number of amides is 2. The number of carboxylic acid groups (broad SMARTS) is 2. The van der Waals surface area contributed by atoms with Gasteiger partial charge in [-0.05, 0) is 18.9 Å². The minimum absolute atomic E-state index is 0.0518. The third kappa shape index (κ3) is 7.72. The van der Waals surface area contributed by atoms with Crippen molar-refractivity contribution in [3.05, 3.63) is 35.9 Å². The Kier molecular flexibility index (Phi) is 9.06. The molecule has 0 saturated carbocycles. The zero-order valence-electron chi connectivity index (χ0n) is 15.4. The molecule has 1 aromatic rings. The molecule has 1 aromatic carbocycles. The molecule has 0 heterocycles. The number of hydrogen-bond donors (Lipinski definition) is 6. The molecule has 0 unspecified atom stereocenters. The smallest absolute Gasteiger partial charge is 0.328 e. The van der Waals surface area contributed by atoms with E-state index in [9.17, 15) is 24.3 Å². The predicted octanol–water partition coefficient (Wildman–Crippen LogP) is -1.14. The van der Waals surface area contributed by atoms with Crippen molar-refractivity contribution in [1.82, 2.24) is 10.6 Å². The normalized spacial score (nSPS) is 15.0. The molecular weight excluding hydrogens is 370 g/mol. The molecule has 2 amide bonds. The van der Waals surface area contributed by atoms with E-state index in [1.165, 1.54) is 6.92 Å². The Morgan fingerprint density at radius 1 is 1.04 bits per heavy atom. The van der Waals surface area contributed by atoms with Gasteiger partial charge in [-0.15, -0.1) is 0 Å². The average Bonchev–Trinajstić information content (AvgIpc) is 2.63. The monoisotopic (exact) mass is 395 g/mol. The summed E-state index contributed by atoms with van der Waals surface area (Å²) in [7, 11) is 0. The number of carboxylic acids is 2. The number of hydrogen-bond acceptors (Lipinski definition) is 6. The number of rotatable bonds is 11. The van der Waals surface area contributed by atoms with E-state index in [4.69, 9.17) is 15.9 Å². The average molecular weight is 395 g/mol. The van der Waals surface area contributed by atoms with E-state index < -0.39 is 48.0 Å². The highest BCUT2D eigenvalue weighted by molar-refractivity contribution is 5.92. The van der Waals surface area contributed by atoms with E-state index in [1.54, 1.807) is 30.3 Å². The molecule has 0 aliphatic heterocycles. The maximum absolute atomic E-state index is 12.6. The van der Waals surface area contributed by atoms with Gasteiger partial charge in [0.05, 0.1) is 12.1 Å². The highest BCUT2D eigenvalue weighted by Gasteiger charge is 2.30. The van der Waals surface area contributed by atoms with Crippen LogP contribution in [0.1, 0.15) is 25.3 Å². The van der Waals surface area contributed by atoms with Crippen LogP contribution in [0.5, 0.6) is 0 Å². The predicted molar refractivity (Wildman–Crippen MR) is 98.2 cm³/mol. The third-order valence-corrected chi connectivity index (χ3v) is 3.97. The maximum Gasteiger partial charge on any atom is 0.328 e. The molecule has 0 bridgehead atoms. The molecule has 0 aliphatic carbocycles. The Hall–Kier alpha value is -2.98. The standard InChI is InChI=1S/C18H25N3O7/c1-10(22)15(18(27)28)21-17(26)13(9-11-5-3-2-4-6-11)20-16(25)12(19)7-8-14(23)24/h2-6,10,12-13,15,22H,7-9,19H2,1H3,(H,20,25)(H,21,26)(H,23,24)(H,27,28)/t10-,12+,13+,15+/m1/s1. The van der Waals surface area contributed by atoms with Gasteiger partial charge in [-0.2, -0.15) is 0 Å². The zero-order valence-corrected chi connectivity index (χ0v) is 15.4. The molecule has 0 aliphatic rings. The Morgan fingerprint density at radius 2 is 1.64 bits per heavy atom. The minimum Gasteiger partial charge on any atom is -0.481 e. The third-order valence-electron chi connectivity index (χ3n) is 3.97. The summed E-state index contributed by atoms with van der Waals surface area (Å²) >= 11 is 0. The topological polar surface area (TPSA) is 179 Å². The first-order valence-corrected chi connectivity index (χ1v) is 8.64. The second-order valence-corrected chi connectivity index (χ2v) is 6.35. The van der Waals surface area contributed by atoms with Crippen molar-refractivity contribution in [3.8, 4) is 0 Å². The van der Waals surface area contributed by atoms with Gasteiger partial charge >= 0.3 is 11.9 Å². The second-order valence-electron chi connectivity index (χ2n) is 6.35. The van der Waals surface area contributed by atoms with Crippen molar-refractivity contribution in [2.75, 3.05) is 0 Å². The van der Waals surface area contributed by atoms with Crippen LogP contribution < -0.4 is 16.4 Å². The molecule has 0 fully saturated rings. The van der Waals surface area contributed by atoms with Gasteiger partial charge in [0.1, 0.15) is 6.04 Å². The molecule has 1 rings (SSSR count). The van der Waals surface area contributed by atoms with Gasteiger partial charge in [0, 0.05) is 12.8 Å². The Bertz CT molecular complexity index is 694. The van der Waals surface area contributed by atoms with Crippen LogP contribution in [0.15, 0.2) is 30.3 Å². The fourth-order valence-electron chi connectivity index (χ4n) is 2.39. The number of aliphatic carboxylic acids is 2. The molecule has 0 aromatic heterocycles. The van der Waals surface area contributed by atoms with Gasteiger partial charge in [-0.3, -0.25) is 14.4 Å². The van der Waals surface area contributed by atoms with Gasteiger partial charge in [0.2, 0.25) is 11.8 Å². The van der Waals surface area contributed by atoms with Crippen LogP contribution in [0.3, 0.4) is 0 Å². The van der Waals surface area contributed by atoms with Gasteiger partial charge in [0.25, 0.3) is 0 Å². The summed E-state index contributed by atoms with van der Waals surface area (Å²) in [6, 6.07) is 4.83. The molecule has 10 heteroatoms. The Balaban J connectivity index is 2.92. The number of aliphatic hydroxyl groups excluding tert-OH is 1. The van der Waals surface area contributed by atoms with Crippen LogP contribution in [0, 0.1) is 0 Å². The van der Waals surface area contributed by atoms with E-state index in [0.29, 0.717) is 5.56 Å². The van der Waals surface area contributed by atoms with Crippen molar-refractivity contribution >= 4 is 23.8 Å². The first kappa shape index (κ1) is 23.1. The second kappa shape index (κ2) is 11.0. The number of benzene rings is 1. The van der Waals surface area contributed by atoms with Crippen LogP contribution in [0.2, 0.25) is 0 Å². The largest absolute Gasteiger partial charge is 0.481 e.